The lowest BCUT2D eigenvalue weighted by Crippen LogP contribution is -2.33. The molecule has 0 aliphatic carbocycles. The van der Waals surface area contributed by atoms with Crippen molar-refractivity contribution in [3.8, 4) is 16.9 Å². The molecule has 40 heavy (non-hydrogen) atoms. The SMILES string of the molecule is CCN(CC)C(=O)Oc1ccc2c(ccn2Cc2ccc(/C=C/c3ccccc3)cc2)c1-c1ccc(F)c(Cl)c1. The van der Waals surface area contributed by atoms with Gasteiger partial charge in [-0.05, 0) is 66.4 Å². The molecule has 0 radical (unpaired) electrons. The van der Waals surface area contributed by atoms with E-state index in [-0.39, 0.29) is 5.02 Å². The van der Waals surface area contributed by atoms with E-state index in [0.29, 0.717) is 36.5 Å². The molecule has 6 heteroatoms. The molecule has 0 bridgehead atoms. The van der Waals surface area contributed by atoms with Gasteiger partial charge >= 0.3 is 6.09 Å². The zero-order valence-electron chi connectivity index (χ0n) is 22.5. The van der Waals surface area contributed by atoms with E-state index in [1.165, 1.54) is 6.07 Å². The van der Waals surface area contributed by atoms with Crippen molar-refractivity contribution in [2.75, 3.05) is 13.1 Å². The van der Waals surface area contributed by atoms with E-state index in [0.717, 1.165) is 27.6 Å². The summed E-state index contributed by atoms with van der Waals surface area (Å²) in [6, 6.07) is 29.0. The van der Waals surface area contributed by atoms with Crippen LogP contribution in [0.25, 0.3) is 34.2 Å². The number of hydrogen-bond acceptors (Lipinski definition) is 2. The van der Waals surface area contributed by atoms with Crippen molar-refractivity contribution in [1.29, 1.82) is 0 Å². The first-order valence-electron chi connectivity index (χ1n) is 13.3. The number of rotatable bonds is 8. The van der Waals surface area contributed by atoms with Crippen LogP contribution in [0.3, 0.4) is 0 Å². The Balaban J connectivity index is 1.47. The molecule has 0 fully saturated rings. The van der Waals surface area contributed by atoms with Crippen LogP contribution < -0.4 is 4.74 Å². The number of benzene rings is 4. The Kier molecular flexibility index (Phi) is 8.32. The Hall–Kier alpha value is -4.35. The molecule has 0 atom stereocenters. The van der Waals surface area contributed by atoms with Crippen LogP contribution in [0.4, 0.5) is 9.18 Å². The Morgan fingerprint density at radius 3 is 2.27 bits per heavy atom. The van der Waals surface area contributed by atoms with Gasteiger partial charge in [0.25, 0.3) is 0 Å². The second-order valence-electron chi connectivity index (χ2n) is 9.47. The van der Waals surface area contributed by atoms with Gasteiger partial charge in [-0.25, -0.2) is 9.18 Å². The molecule has 0 aliphatic heterocycles. The van der Waals surface area contributed by atoms with E-state index in [1.807, 2.05) is 50.4 Å². The maximum atomic E-state index is 14.0. The van der Waals surface area contributed by atoms with E-state index < -0.39 is 11.9 Å². The van der Waals surface area contributed by atoms with Crippen molar-refractivity contribution in [2.45, 2.75) is 20.4 Å². The Morgan fingerprint density at radius 1 is 0.900 bits per heavy atom. The van der Waals surface area contributed by atoms with Gasteiger partial charge in [0.15, 0.2) is 0 Å². The van der Waals surface area contributed by atoms with Crippen LogP contribution in [0, 0.1) is 5.82 Å². The minimum Gasteiger partial charge on any atom is -0.410 e. The molecular formula is C34H30ClFN2O2. The molecule has 1 heterocycles. The van der Waals surface area contributed by atoms with Crippen molar-refractivity contribution in [3.63, 3.8) is 0 Å². The first-order valence-corrected chi connectivity index (χ1v) is 13.7. The van der Waals surface area contributed by atoms with Crippen LogP contribution in [0.2, 0.25) is 5.02 Å². The number of carbonyl (C=O) groups excluding carboxylic acids is 1. The molecule has 0 saturated carbocycles. The van der Waals surface area contributed by atoms with Crippen LogP contribution in [-0.4, -0.2) is 28.6 Å². The lowest BCUT2D eigenvalue weighted by atomic mass is 10.0. The molecule has 4 nitrogen and oxygen atoms in total. The molecule has 0 N–H and O–H groups in total. The number of ether oxygens (including phenoxy) is 1. The van der Waals surface area contributed by atoms with Gasteiger partial charge in [-0.1, -0.05) is 84.4 Å². The highest BCUT2D eigenvalue weighted by Gasteiger charge is 2.20. The number of amides is 1. The van der Waals surface area contributed by atoms with Crippen LogP contribution in [0.5, 0.6) is 5.75 Å². The third-order valence-electron chi connectivity index (χ3n) is 6.94. The van der Waals surface area contributed by atoms with Gasteiger partial charge in [-0.15, -0.1) is 0 Å². The van der Waals surface area contributed by atoms with Gasteiger partial charge in [0.1, 0.15) is 11.6 Å². The van der Waals surface area contributed by atoms with Gasteiger partial charge in [0.2, 0.25) is 0 Å². The average molecular weight is 553 g/mol. The Morgan fingerprint density at radius 2 is 1.60 bits per heavy atom. The van der Waals surface area contributed by atoms with Crippen LogP contribution in [-0.2, 0) is 6.54 Å². The number of hydrogen-bond donors (Lipinski definition) is 0. The van der Waals surface area contributed by atoms with E-state index >= 15 is 0 Å². The molecule has 0 aliphatic rings. The summed E-state index contributed by atoms with van der Waals surface area (Å²) in [5.41, 5.74) is 5.77. The summed E-state index contributed by atoms with van der Waals surface area (Å²) in [5, 5.41) is 0.895. The number of nitrogens with zero attached hydrogens (tertiary/aromatic N) is 2. The molecule has 1 amide bonds. The minimum absolute atomic E-state index is 0.0105. The molecule has 0 saturated heterocycles. The third-order valence-corrected chi connectivity index (χ3v) is 7.23. The largest absolute Gasteiger partial charge is 0.415 e. The second kappa shape index (κ2) is 12.2. The zero-order valence-corrected chi connectivity index (χ0v) is 23.2. The molecule has 202 valence electrons. The van der Waals surface area contributed by atoms with Crippen molar-refractivity contribution in [1.82, 2.24) is 9.47 Å². The molecule has 1 aromatic heterocycles. The molecule has 0 spiro atoms. The number of aromatic nitrogens is 1. The monoisotopic (exact) mass is 552 g/mol. The van der Waals surface area contributed by atoms with E-state index in [9.17, 15) is 9.18 Å². The van der Waals surface area contributed by atoms with Crippen LogP contribution in [0.15, 0.2) is 97.2 Å². The second-order valence-corrected chi connectivity index (χ2v) is 9.88. The third kappa shape index (κ3) is 5.95. The first kappa shape index (κ1) is 27.2. The fraction of sp³-hybridized carbons (Fsp3) is 0.147. The molecule has 0 unspecified atom stereocenters. The lowest BCUT2D eigenvalue weighted by molar-refractivity contribution is 0.157. The minimum atomic E-state index is -0.501. The normalized spacial score (nSPS) is 11.3. The van der Waals surface area contributed by atoms with Gasteiger partial charge in [0, 0.05) is 42.3 Å². The standard InChI is InChI=1S/C34H30ClFN2O2/c1-3-37(4-2)34(39)40-32-19-18-31-28(33(32)27-16-17-30(36)29(35)22-27)20-21-38(31)23-26-14-12-25(13-15-26)11-10-24-8-6-5-7-9-24/h5-22H,3-4,23H2,1-2H3/b11-10+. The highest BCUT2D eigenvalue weighted by atomic mass is 35.5. The fourth-order valence-corrected chi connectivity index (χ4v) is 4.93. The van der Waals surface area contributed by atoms with Gasteiger partial charge in [-0.2, -0.15) is 0 Å². The summed E-state index contributed by atoms with van der Waals surface area (Å²) in [7, 11) is 0. The summed E-state index contributed by atoms with van der Waals surface area (Å²) in [6.45, 7) is 5.54. The Bertz CT molecular complexity index is 1660. The van der Waals surface area contributed by atoms with Crippen molar-refractivity contribution < 1.29 is 13.9 Å². The summed E-state index contributed by atoms with van der Waals surface area (Å²) < 4.78 is 22.0. The maximum absolute atomic E-state index is 14.0. The van der Waals surface area contributed by atoms with Crippen molar-refractivity contribution >= 4 is 40.7 Å². The number of fused-ring (bicyclic) bond motifs is 1. The average Bonchev–Trinajstić information content (AvgIpc) is 3.38. The van der Waals surface area contributed by atoms with E-state index in [2.05, 4.69) is 53.1 Å². The maximum Gasteiger partial charge on any atom is 0.415 e. The van der Waals surface area contributed by atoms with E-state index in [4.69, 9.17) is 16.3 Å². The highest BCUT2D eigenvalue weighted by Crippen LogP contribution is 2.39. The zero-order chi connectivity index (χ0) is 28.1. The van der Waals surface area contributed by atoms with Crippen LogP contribution >= 0.6 is 11.6 Å². The lowest BCUT2D eigenvalue weighted by Gasteiger charge is -2.20. The molecule has 5 aromatic rings. The smallest absolute Gasteiger partial charge is 0.410 e. The van der Waals surface area contributed by atoms with Gasteiger partial charge in [0.05, 0.1) is 5.02 Å². The highest BCUT2D eigenvalue weighted by molar-refractivity contribution is 6.31. The molecular weight excluding hydrogens is 523 g/mol. The Labute approximate surface area is 238 Å². The fourth-order valence-electron chi connectivity index (χ4n) is 4.75. The number of carbonyl (C=O) groups is 1. The summed E-state index contributed by atoms with van der Waals surface area (Å²) in [5.74, 6) is -0.0988. The van der Waals surface area contributed by atoms with E-state index in [1.54, 1.807) is 23.1 Å². The van der Waals surface area contributed by atoms with Crippen molar-refractivity contribution in [2.24, 2.45) is 0 Å². The van der Waals surface area contributed by atoms with Crippen LogP contribution in [0.1, 0.15) is 30.5 Å². The first-order chi connectivity index (χ1) is 19.5. The predicted molar refractivity (Wildman–Crippen MR) is 162 cm³/mol. The quantitative estimate of drug-likeness (QED) is 0.180. The predicted octanol–water partition coefficient (Wildman–Crippen LogP) is 9.16. The summed E-state index contributed by atoms with van der Waals surface area (Å²) >= 11 is 6.15. The van der Waals surface area contributed by atoms with Gasteiger partial charge in [-0.3, -0.25) is 0 Å². The topological polar surface area (TPSA) is 34.5 Å². The molecule has 4 aromatic carbocycles. The number of halogens is 2. The van der Waals surface area contributed by atoms with Crippen molar-refractivity contribution in [3.05, 3.63) is 125 Å². The molecule has 5 rings (SSSR count). The summed E-state index contributed by atoms with van der Waals surface area (Å²) in [6.07, 6.45) is 5.78. The van der Waals surface area contributed by atoms with Gasteiger partial charge < -0.3 is 14.2 Å². The summed E-state index contributed by atoms with van der Waals surface area (Å²) in [4.78, 5) is 14.4.